The molecule has 0 aliphatic heterocycles. The van der Waals surface area contributed by atoms with Crippen LogP contribution in [0, 0.1) is 0 Å². The van der Waals surface area contributed by atoms with Crippen LogP contribution < -0.4 is 0 Å². The average molecular weight is 992 g/mol. The Labute approximate surface area is 422 Å². The van der Waals surface area contributed by atoms with Crippen LogP contribution in [0.2, 0.25) is 0 Å². The maximum atomic E-state index is 2.21. The minimum atomic E-state index is 0. The summed E-state index contributed by atoms with van der Waals surface area (Å²) >= 11 is 0. The molecule has 0 aliphatic rings. The molecule has 0 bridgehead atoms. The Hall–Kier alpha value is -5.72. The number of hydrogen-bond acceptors (Lipinski definition) is 0. The standard InChI is InChI=1S/2C20H14.4C5H5.4Fe/c2*1-2-8-15(7-1)18-13-5-11-17-12-6-14-19(20(17)18)16-9-3-4-10-16;4*1-2-4-5-3-1;;;;/h2*1-14H;4*1-5H;;;;/q2*-2;4*-1;4*+2. The minimum Gasteiger partial charge on any atom is -0.214 e. The van der Waals surface area contributed by atoms with Gasteiger partial charge in [-0.05, 0) is 0 Å². The molecule has 12 rings (SSSR count). The van der Waals surface area contributed by atoms with Gasteiger partial charge in [0.2, 0.25) is 0 Å². The molecular formula is C60H48Fe4. The molecule has 0 amide bonds. The smallest absolute Gasteiger partial charge is 0.214 e. The Kier molecular flexibility index (Phi) is 24.3. The fraction of sp³-hybridized carbons (Fsp3) is 0. The van der Waals surface area contributed by atoms with Crippen molar-refractivity contribution in [2.75, 3.05) is 0 Å². The Morgan fingerprint density at radius 1 is 0.219 bits per heavy atom. The van der Waals surface area contributed by atoms with Gasteiger partial charge in [-0.3, -0.25) is 0 Å². The van der Waals surface area contributed by atoms with Gasteiger partial charge in [0.15, 0.2) is 0 Å². The Bertz CT molecular complexity index is 2360. The normalized spacial score (nSPS) is 9.38. The Morgan fingerprint density at radius 3 is 0.562 bits per heavy atom. The summed E-state index contributed by atoms with van der Waals surface area (Å²) < 4.78 is 0. The summed E-state index contributed by atoms with van der Waals surface area (Å²) in [6, 6.07) is 100. The molecule has 0 fully saturated rings. The van der Waals surface area contributed by atoms with Crippen LogP contribution >= 0.6 is 0 Å². The molecule has 0 heterocycles. The second-order valence-corrected chi connectivity index (χ2v) is 14.0. The number of benzene rings is 4. The van der Waals surface area contributed by atoms with Crippen LogP contribution in [0.1, 0.15) is 0 Å². The zero-order chi connectivity index (χ0) is 40.9. The third-order valence-corrected chi connectivity index (χ3v) is 9.93. The second-order valence-electron chi connectivity index (χ2n) is 14.0. The first kappa shape index (κ1) is 52.6. The van der Waals surface area contributed by atoms with Crippen LogP contribution in [0.25, 0.3) is 66.1 Å². The van der Waals surface area contributed by atoms with Crippen LogP contribution in [0.4, 0.5) is 0 Å². The van der Waals surface area contributed by atoms with Gasteiger partial charge < -0.3 is 0 Å². The Morgan fingerprint density at radius 2 is 0.406 bits per heavy atom. The molecule has 0 N–H and O–H groups in total. The van der Waals surface area contributed by atoms with Crippen molar-refractivity contribution in [1.29, 1.82) is 0 Å². The van der Waals surface area contributed by atoms with Crippen LogP contribution in [0.5, 0.6) is 0 Å². The summed E-state index contributed by atoms with van der Waals surface area (Å²) in [5.74, 6) is 0. The van der Waals surface area contributed by atoms with E-state index in [0.717, 1.165) is 0 Å². The zero-order valence-electron chi connectivity index (χ0n) is 35.1. The molecular weight excluding hydrogens is 944 g/mol. The van der Waals surface area contributed by atoms with Crippen molar-refractivity contribution in [3.05, 3.63) is 291 Å². The van der Waals surface area contributed by atoms with Gasteiger partial charge in [0, 0.05) is 0 Å². The van der Waals surface area contributed by atoms with Crippen molar-refractivity contribution in [2.24, 2.45) is 0 Å². The minimum absolute atomic E-state index is 0. The van der Waals surface area contributed by atoms with E-state index in [1.165, 1.54) is 66.1 Å². The van der Waals surface area contributed by atoms with Gasteiger partial charge >= 0.3 is 68.3 Å². The van der Waals surface area contributed by atoms with Gasteiger partial charge in [-0.15, -0.1) is 95.1 Å². The predicted octanol–water partition coefficient (Wildman–Crippen LogP) is 16.8. The van der Waals surface area contributed by atoms with Crippen molar-refractivity contribution < 1.29 is 68.3 Å². The Balaban J connectivity index is 0.000000228. The molecule has 0 saturated heterocycles. The first-order chi connectivity index (χ1) is 29.9. The van der Waals surface area contributed by atoms with E-state index in [-0.39, 0.29) is 68.3 Å². The number of fused-ring (bicyclic) bond motifs is 2. The molecule has 12 aromatic carbocycles. The van der Waals surface area contributed by atoms with Gasteiger partial charge in [0.25, 0.3) is 0 Å². The average Bonchev–Trinajstić information content (AvgIpc) is 4.18. The molecule has 0 unspecified atom stereocenters. The maximum absolute atomic E-state index is 2.21. The maximum Gasteiger partial charge on any atom is 2.00 e. The summed E-state index contributed by atoms with van der Waals surface area (Å²) in [6.07, 6.45) is 0. The molecule has 0 radical (unpaired) electrons. The molecule has 12 aromatic rings. The summed E-state index contributed by atoms with van der Waals surface area (Å²) in [5, 5.41) is 5.27. The van der Waals surface area contributed by atoms with Gasteiger partial charge in [-0.1, -0.05) is 92.3 Å². The first-order valence-corrected chi connectivity index (χ1v) is 20.5. The van der Waals surface area contributed by atoms with E-state index in [2.05, 4.69) is 170 Å². The van der Waals surface area contributed by atoms with Gasteiger partial charge in [0.1, 0.15) is 0 Å². The van der Waals surface area contributed by atoms with Crippen molar-refractivity contribution in [3.63, 3.8) is 0 Å². The molecule has 0 spiro atoms. The fourth-order valence-corrected chi connectivity index (χ4v) is 7.14. The van der Waals surface area contributed by atoms with Crippen molar-refractivity contribution in [3.8, 4) is 44.5 Å². The summed E-state index contributed by atoms with van der Waals surface area (Å²) in [6.45, 7) is 0. The van der Waals surface area contributed by atoms with Gasteiger partial charge in [-0.25, -0.2) is 48.5 Å². The number of rotatable bonds is 4. The third-order valence-electron chi connectivity index (χ3n) is 9.93. The SMILES string of the molecule is [Fe+2].[Fe+2].[Fe+2].[Fe+2].c1cc(-[c-]2cccc2)c2c(-[c-]3cccc3)cccc2c1.c1cc(-[c-]2cccc2)c2c(-[c-]3cccc3)cccc2c1.c1cc[cH-]c1.c1cc[cH-]c1.c1cc[cH-]c1.c1cc[cH-]c1. The van der Waals surface area contributed by atoms with Crippen LogP contribution in [0.3, 0.4) is 0 Å². The monoisotopic (exact) mass is 992 g/mol. The molecule has 64 heavy (non-hydrogen) atoms. The molecule has 0 atom stereocenters. The van der Waals surface area contributed by atoms with E-state index in [0.29, 0.717) is 0 Å². The van der Waals surface area contributed by atoms with Gasteiger partial charge in [-0.2, -0.15) is 121 Å². The largest absolute Gasteiger partial charge is 2.00 e. The molecule has 0 aliphatic carbocycles. The zero-order valence-corrected chi connectivity index (χ0v) is 39.5. The van der Waals surface area contributed by atoms with Crippen LogP contribution in [0.15, 0.2) is 291 Å². The number of hydrogen-bond donors (Lipinski definition) is 0. The van der Waals surface area contributed by atoms with Crippen molar-refractivity contribution >= 4 is 21.5 Å². The quantitative estimate of drug-likeness (QED) is 0.122. The summed E-state index contributed by atoms with van der Waals surface area (Å²) in [7, 11) is 0. The van der Waals surface area contributed by atoms with E-state index >= 15 is 0 Å². The van der Waals surface area contributed by atoms with E-state index in [1.54, 1.807) is 0 Å². The van der Waals surface area contributed by atoms with Gasteiger partial charge in [0.05, 0.1) is 0 Å². The van der Waals surface area contributed by atoms with E-state index in [4.69, 9.17) is 0 Å². The van der Waals surface area contributed by atoms with E-state index in [1.807, 2.05) is 121 Å². The summed E-state index contributed by atoms with van der Waals surface area (Å²) in [5.41, 5.74) is 10.4. The van der Waals surface area contributed by atoms with Crippen LogP contribution in [-0.4, -0.2) is 0 Å². The van der Waals surface area contributed by atoms with E-state index in [9.17, 15) is 0 Å². The van der Waals surface area contributed by atoms with Crippen LogP contribution in [-0.2, 0) is 68.3 Å². The second kappa shape index (κ2) is 29.6. The molecule has 4 heteroatoms. The first-order valence-electron chi connectivity index (χ1n) is 20.5. The predicted molar refractivity (Wildman–Crippen MR) is 260 cm³/mol. The molecule has 0 aromatic heterocycles. The molecule has 0 saturated carbocycles. The molecule has 320 valence electrons. The van der Waals surface area contributed by atoms with E-state index < -0.39 is 0 Å². The topological polar surface area (TPSA) is 0 Å². The van der Waals surface area contributed by atoms with Crippen molar-refractivity contribution in [2.45, 2.75) is 0 Å². The van der Waals surface area contributed by atoms with Crippen molar-refractivity contribution in [1.82, 2.24) is 0 Å². The fourth-order valence-electron chi connectivity index (χ4n) is 7.14. The molecule has 0 nitrogen and oxygen atoms in total. The third kappa shape index (κ3) is 15.2. The summed E-state index contributed by atoms with van der Waals surface area (Å²) in [4.78, 5) is 0.